The molecule has 6 aromatic heterocycles. The molecule has 0 aliphatic carbocycles. The minimum absolute atomic E-state index is 0.0231. The highest BCUT2D eigenvalue weighted by atomic mass is 35.5. The Bertz CT molecular complexity index is 2000. The maximum Gasteiger partial charge on any atom is 0.488 e. The van der Waals surface area contributed by atoms with Crippen LogP contribution in [0.4, 0.5) is 34.1 Å². The Hall–Kier alpha value is -6.87. The molecule has 0 spiro atoms. The van der Waals surface area contributed by atoms with Gasteiger partial charge < -0.3 is 38.1 Å². The van der Waals surface area contributed by atoms with Crippen LogP contribution in [-0.2, 0) is 0 Å². The van der Waals surface area contributed by atoms with Crippen molar-refractivity contribution in [1.82, 2.24) is 29.9 Å². The number of nitrogen functional groups attached to an aromatic ring is 4. The van der Waals surface area contributed by atoms with Gasteiger partial charge >= 0.3 is 18.5 Å². The van der Waals surface area contributed by atoms with Crippen molar-refractivity contribution in [1.29, 1.82) is 0 Å². The molecule has 0 amide bonds. The molecule has 0 saturated carbocycles. The lowest BCUT2D eigenvalue weighted by Gasteiger charge is -2.05. The molecule has 0 aliphatic rings. The van der Waals surface area contributed by atoms with Crippen molar-refractivity contribution in [3.8, 4) is 22.5 Å². The highest BCUT2D eigenvalue weighted by Gasteiger charge is 2.20. The van der Waals surface area contributed by atoms with Crippen molar-refractivity contribution in [3.05, 3.63) is 136 Å². The van der Waals surface area contributed by atoms with Crippen LogP contribution in [0, 0.1) is 20.2 Å². The summed E-state index contributed by atoms with van der Waals surface area (Å²) in [7, 11) is -0.381. The van der Waals surface area contributed by atoms with E-state index >= 15 is 0 Å². The summed E-state index contributed by atoms with van der Waals surface area (Å²) < 4.78 is 0. The van der Waals surface area contributed by atoms with Gasteiger partial charge in [0.15, 0.2) is 5.69 Å². The number of aromatic nitrogens is 6. The van der Waals surface area contributed by atoms with E-state index in [1.807, 2.05) is 12.1 Å². The Morgan fingerprint density at radius 2 is 0.962 bits per heavy atom. The van der Waals surface area contributed by atoms with Crippen LogP contribution in [0.5, 0.6) is 0 Å². The first-order valence-electron chi connectivity index (χ1n) is 14.4. The summed E-state index contributed by atoms with van der Waals surface area (Å²) >= 11 is 5.39. The predicted molar refractivity (Wildman–Crippen MR) is 197 cm³/mol. The molecule has 0 fully saturated rings. The molecule has 0 bridgehead atoms. The molecule has 52 heavy (non-hydrogen) atoms. The van der Waals surface area contributed by atoms with Crippen molar-refractivity contribution >= 4 is 58.3 Å². The first kappa shape index (κ1) is 41.3. The minimum Gasteiger partial charge on any atom is -0.423 e. The number of anilines is 4. The number of nitrogens with two attached hydrogens (primary N) is 4. The largest absolute Gasteiger partial charge is 0.488 e. The molecule has 0 radical (unpaired) electrons. The van der Waals surface area contributed by atoms with E-state index < -0.39 is 17.0 Å². The number of hydrogen-bond donors (Lipinski definition) is 7. The molecule has 0 aromatic carbocycles. The normalized spacial score (nSPS) is 9.48. The molecule has 21 heteroatoms. The van der Waals surface area contributed by atoms with Gasteiger partial charge in [-0.15, -0.1) is 0 Å². The van der Waals surface area contributed by atoms with Crippen molar-refractivity contribution in [2.24, 2.45) is 0 Å². The van der Waals surface area contributed by atoms with Gasteiger partial charge in [0.05, 0.1) is 26.9 Å². The standard InChI is InChI=1S/C10H8N4O2.C10H10N4.C5H6BNO2.C5H4ClN3O2.CH4O/c11-8-3-6-13-9(10(8)14(15)16)7-1-4-12-5-2-7;11-8-3-6-14-10(9(8)12)7-1-4-13-5-2-7;8-6(9)5-1-3-7-4-2-5;6-5-4(9(10)11)3(7)1-2-8-5;1-2/h1-6H,(H2,11,13);1-6H,12H2,(H2,11,14);1-4,8-9H;1-2H,(H2,7,8);2H,1H3. The Kier molecular flexibility index (Phi) is 16.9. The summed E-state index contributed by atoms with van der Waals surface area (Å²) in [4.78, 5) is 43.1. The molecule has 6 heterocycles. The van der Waals surface area contributed by atoms with Crippen molar-refractivity contribution < 1.29 is 25.0 Å². The van der Waals surface area contributed by atoms with Crippen molar-refractivity contribution in [3.63, 3.8) is 0 Å². The van der Waals surface area contributed by atoms with Gasteiger partial charge in [0.25, 0.3) is 0 Å². The maximum absolute atomic E-state index is 10.9. The molecule has 6 rings (SSSR count). The quantitative estimate of drug-likeness (QED) is 0.0579. The van der Waals surface area contributed by atoms with Gasteiger partial charge in [-0.3, -0.25) is 40.2 Å². The van der Waals surface area contributed by atoms with E-state index in [9.17, 15) is 20.2 Å². The van der Waals surface area contributed by atoms with Crippen LogP contribution < -0.4 is 28.4 Å². The highest BCUT2D eigenvalue weighted by Crippen LogP contribution is 2.32. The van der Waals surface area contributed by atoms with Crippen molar-refractivity contribution in [2.75, 3.05) is 30.0 Å². The molecular formula is C31H32BClN12O7. The van der Waals surface area contributed by atoms with E-state index in [0.717, 1.165) is 12.7 Å². The zero-order valence-corrected chi connectivity index (χ0v) is 28.0. The summed E-state index contributed by atoms with van der Waals surface area (Å²) in [5.74, 6) is 0. The smallest absolute Gasteiger partial charge is 0.423 e. The topological polar surface area (TPSA) is 328 Å². The van der Waals surface area contributed by atoms with Crippen LogP contribution in [0.3, 0.4) is 0 Å². The number of aliphatic hydroxyl groups excluding tert-OH is 1. The average molecular weight is 731 g/mol. The molecule has 19 nitrogen and oxygen atoms in total. The minimum atomic E-state index is -1.38. The van der Waals surface area contributed by atoms with Crippen LogP contribution in [0.25, 0.3) is 22.5 Å². The highest BCUT2D eigenvalue weighted by molar-refractivity contribution is 6.58. The molecule has 0 aliphatic heterocycles. The Balaban J connectivity index is 0.000000241. The molecule has 0 saturated heterocycles. The van der Waals surface area contributed by atoms with E-state index in [1.165, 1.54) is 36.9 Å². The van der Waals surface area contributed by atoms with E-state index in [-0.39, 0.29) is 33.6 Å². The average Bonchev–Trinajstić information content (AvgIpc) is 3.15. The van der Waals surface area contributed by atoms with Gasteiger partial charge in [0.1, 0.15) is 11.4 Å². The lowest BCUT2D eigenvalue weighted by atomic mass is 9.81. The number of nitro groups is 2. The van der Waals surface area contributed by atoms with Crippen LogP contribution >= 0.6 is 11.6 Å². The van der Waals surface area contributed by atoms with Crippen LogP contribution in [0.15, 0.2) is 110 Å². The fourth-order valence-corrected chi connectivity index (χ4v) is 4.00. The summed E-state index contributed by atoms with van der Waals surface area (Å²) in [5.41, 5.74) is 25.9. The monoisotopic (exact) mass is 730 g/mol. The van der Waals surface area contributed by atoms with E-state index in [4.69, 9.17) is 49.7 Å². The van der Waals surface area contributed by atoms with Gasteiger partial charge in [-0.1, -0.05) is 11.6 Å². The second kappa shape index (κ2) is 21.3. The molecular weight excluding hydrogens is 699 g/mol. The van der Waals surface area contributed by atoms with Gasteiger partial charge in [-0.2, -0.15) is 0 Å². The van der Waals surface area contributed by atoms with Gasteiger partial charge in [-0.05, 0) is 60.1 Å². The summed E-state index contributed by atoms with van der Waals surface area (Å²) in [6.45, 7) is 0. The third-order valence-electron chi connectivity index (χ3n) is 6.17. The van der Waals surface area contributed by atoms with E-state index in [1.54, 1.807) is 61.3 Å². The first-order valence-corrected chi connectivity index (χ1v) is 14.7. The SMILES string of the molecule is CO.Nc1ccnc(-c2ccncc2)c1N.Nc1ccnc(-c2ccncc2)c1[N+](=O)[O-].Nc1ccnc(Cl)c1[N+](=O)[O-].OB(O)c1ccncc1. The Morgan fingerprint density at radius 3 is 1.37 bits per heavy atom. The second-order valence-corrected chi connectivity index (χ2v) is 9.80. The zero-order chi connectivity index (χ0) is 38.6. The lowest BCUT2D eigenvalue weighted by molar-refractivity contribution is -0.384. The number of rotatable bonds is 5. The fourth-order valence-electron chi connectivity index (χ4n) is 3.77. The third-order valence-corrected chi connectivity index (χ3v) is 6.44. The van der Waals surface area contributed by atoms with Gasteiger partial charge in [0, 0.05) is 74.0 Å². The molecule has 0 unspecified atom stereocenters. The van der Waals surface area contributed by atoms with Crippen molar-refractivity contribution in [2.45, 2.75) is 0 Å². The second-order valence-electron chi connectivity index (χ2n) is 9.44. The fraction of sp³-hybridized carbons (Fsp3) is 0.0323. The molecule has 0 atom stereocenters. The third kappa shape index (κ3) is 12.2. The number of pyridine rings is 6. The van der Waals surface area contributed by atoms with Crippen LogP contribution in [0.2, 0.25) is 5.15 Å². The summed E-state index contributed by atoms with van der Waals surface area (Å²) in [6.07, 6.45) is 13.9. The molecule has 268 valence electrons. The van der Waals surface area contributed by atoms with Gasteiger partial charge in [0.2, 0.25) is 5.15 Å². The number of aliphatic hydroxyl groups is 1. The summed E-state index contributed by atoms with van der Waals surface area (Å²) in [5, 5.41) is 45.0. The molecule has 6 aromatic rings. The van der Waals surface area contributed by atoms with E-state index in [0.29, 0.717) is 28.1 Å². The van der Waals surface area contributed by atoms with Gasteiger partial charge in [-0.25, -0.2) is 9.97 Å². The number of hydrogen-bond acceptors (Lipinski definition) is 17. The molecule has 11 N–H and O–H groups in total. The van der Waals surface area contributed by atoms with Crippen LogP contribution in [0.1, 0.15) is 0 Å². The Morgan fingerprint density at radius 1 is 0.577 bits per heavy atom. The van der Waals surface area contributed by atoms with E-state index in [2.05, 4.69) is 29.9 Å². The lowest BCUT2D eigenvalue weighted by Crippen LogP contribution is -2.29. The number of halogens is 1. The predicted octanol–water partition coefficient (Wildman–Crippen LogP) is 2.54. The first-order chi connectivity index (χ1) is 24.9. The zero-order valence-electron chi connectivity index (χ0n) is 27.2. The van der Waals surface area contributed by atoms with Crippen LogP contribution in [-0.4, -0.2) is 69.1 Å². The Labute approximate surface area is 301 Å². The summed E-state index contributed by atoms with van der Waals surface area (Å²) in [6, 6.07) is 14.5. The number of nitrogens with zero attached hydrogens (tertiary/aromatic N) is 8. The maximum atomic E-state index is 10.9.